The molecule has 1 N–H and O–H groups in total. The second kappa shape index (κ2) is 5.14. The van der Waals surface area contributed by atoms with Crippen molar-refractivity contribution in [1.82, 2.24) is 9.80 Å². The summed E-state index contributed by atoms with van der Waals surface area (Å²) in [5.74, 6) is 0.179. The number of amidine groups is 1. The SMILES string of the molecule is CN1CCN(C(=N)c2ccc(F)c(Br)c2)CC1. The zero-order valence-electron chi connectivity index (χ0n) is 9.71. The van der Waals surface area contributed by atoms with Gasteiger partial charge in [-0.3, -0.25) is 5.41 Å². The predicted octanol–water partition coefficient (Wildman–Crippen LogP) is 2.16. The minimum atomic E-state index is -0.292. The Hall–Kier alpha value is -0.940. The van der Waals surface area contributed by atoms with Gasteiger partial charge in [-0.15, -0.1) is 0 Å². The Morgan fingerprint density at radius 1 is 1.29 bits per heavy atom. The molecular formula is C12H15BrFN3. The number of hydrogen-bond acceptors (Lipinski definition) is 2. The van der Waals surface area contributed by atoms with Crippen LogP contribution in [0.3, 0.4) is 0 Å². The van der Waals surface area contributed by atoms with Crippen molar-refractivity contribution in [3.63, 3.8) is 0 Å². The molecule has 1 aromatic rings. The summed E-state index contributed by atoms with van der Waals surface area (Å²) in [6.45, 7) is 3.63. The van der Waals surface area contributed by atoms with Gasteiger partial charge in [-0.25, -0.2) is 4.39 Å². The number of nitrogens with one attached hydrogen (secondary N) is 1. The molecule has 1 saturated heterocycles. The van der Waals surface area contributed by atoms with Gasteiger partial charge in [-0.2, -0.15) is 0 Å². The molecule has 92 valence electrons. The number of hydrogen-bond donors (Lipinski definition) is 1. The molecule has 1 aromatic carbocycles. The minimum absolute atomic E-state index is 0.292. The summed E-state index contributed by atoms with van der Waals surface area (Å²) < 4.78 is 13.5. The first-order valence-corrected chi connectivity index (χ1v) is 6.34. The van der Waals surface area contributed by atoms with Crippen LogP contribution in [-0.4, -0.2) is 48.9 Å². The van der Waals surface area contributed by atoms with E-state index in [1.165, 1.54) is 6.07 Å². The molecule has 0 saturated carbocycles. The van der Waals surface area contributed by atoms with E-state index in [1.807, 2.05) is 4.90 Å². The van der Waals surface area contributed by atoms with Crippen LogP contribution in [0.5, 0.6) is 0 Å². The lowest BCUT2D eigenvalue weighted by Crippen LogP contribution is -2.47. The zero-order chi connectivity index (χ0) is 12.4. The summed E-state index contributed by atoms with van der Waals surface area (Å²) in [5, 5.41) is 8.12. The molecule has 0 radical (unpaired) electrons. The van der Waals surface area contributed by atoms with Crippen LogP contribution >= 0.6 is 15.9 Å². The van der Waals surface area contributed by atoms with Crippen LogP contribution in [-0.2, 0) is 0 Å². The summed E-state index contributed by atoms with van der Waals surface area (Å²) in [5.41, 5.74) is 0.753. The molecule has 0 amide bonds. The highest BCUT2D eigenvalue weighted by Gasteiger charge is 2.18. The Morgan fingerprint density at radius 2 is 1.94 bits per heavy atom. The third-order valence-electron chi connectivity index (χ3n) is 3.01. The molecule has 1 heterocycles. The molecule has 0 unspecified atom stereocenters. The quantitative estimate of drug-likeness (QED) is 0.636. The number of halogens is 2. The maximum absolute atomic E-state index is 13.1. The van der Waals surface area contributed by atoms with Crippen LogP contribution in [0.15, 0.2) is 22.7 Å². The van der Waals surface area contributed by atoms with Gasteiger partial charge in [0.25, 0.3) is 0 Å². The second-order valence-corrected chi connectivity index (χ2v) is 5.12. The highest BCUT2D eigenvalue weighted by molar-refractivity contribution is 9.10. The molecule has 0 aliphatic carbocycles. The van der Waals surface area contributed by atoms with E-state index in [0.717, 1.165) is 31.7 Å². The molecule has 0 aromatic heterocycles. The fraction of sp³-hybridized carbons (Fsp3) is 0.417. The minimum Gasteiger partial charge on any atom is -0.354 e. The summed E-state index contributed by atoms with van der Waals surface area (Å²) >= 11 is 3.15. The first kappa shape index (κ1) is 12.5. The van der Waals surface area contributed by atoms with Crippen molar-refractivity contribution >= 4 is 21.8 Å². The van der Waals surface area contributed by atoms with Gasteiger partial charge in [-0.1, -0.05) is 0 Å². The highest BCUT2D eigenvalue weighted by Crippen LogP contribution is 2.18. The molecule has 1 fully saturated rings. The van der Waals surface area contributed by atoms with Crippen molar-refractivity contribution in [2.24, 2.45) is 0 Å². The van der Waals surface area contributed by atoms with Crippen molar-refractivity contribution < 1.29 is 4.39 Å². The normalized spacial score (nSPS) is 17.2. The predicted molar refractivity (Wildman–Crippen MR) is 70.0 cm³/mol. The Kier molecular flexibility index (Phi) is 3.79. The fourth-order valence-corrected chi connectivity index (χ4v) is 2.23. The van der Waals surface area contributed by atoms with Crippen molar-refractivity contribution in [1.29, 1.82) is 5.41 Å². The number of likely N-dealkylation sites (N-methyl/N-ethyl adjacent to an activating group) is 1. The van der Waals surface area contributed by atoms with Crippen molar-refractivity contribution in [3.05, 3.63) is 34.1 Å². The average Bonchev–Trinajstić information content (AvgIpc) is 2.33. The Labute approximate surface area is 109 Å². The molecule has 1 aliphatic rings. The maximum atomic E-state index is 13.1. The number of piperazine rings is 1. The lowest BCUT2D eigenvalue weighted by atomic mass is 10.1. The van der Waals surface area contributed by atoms with Gasteiger partial charge >= 0.3 is 0 Å². The lowest BCUT2D eigenvalue weighted by Gasteiger charge is -2.34. The summed E-state index contributed by atoms with van der Waals surface area (Å²) in [6, 6.07) is 4.71. The van der Waals surface area contributed by atoms with Gasteiger partial charge in [0.1, 0.15) is 11.7 Å². The van der Waals surface area contributed by atoms with E-state index < -0.39 is 0 Å². The first-order valence-electron chi connectivity index (χ1n) is 5.55. The van der Waals surface area contributed by atoms with Crippen LogP contribution in [0, 0.1) is 11.2 Å². The lowest BCUT2D eigenvalue weighted by molar-refractivity contribution is 0.215. The summed E-state index contributed by atoms with van der Waals surface area (Å²) in [7, 11) is 2.08. The van der Waals surface area contributed by atoms with E-state index in [2.05, 4.69) is 27.9 Å². The highest BCUT2D eigenvalue weighted by atomic mass is 79.9. The largest absolute Gasteiger partial charge is 0.354 e. The molecule has 0 atom stereocenters. The van der Waals surface area contributed by atoms with E-state index in [0.29, 0.717) is 10.3 Å². The summed E-state index contributed by atoms with van der Waals surface area (Å²) in [4.78, 5) is 4.27. The van der Waals surface area contributed by atoms with Gasteiger partial charge in [0, 0.05) is 31.7 Å². The standard InChI is InChI=1S/C12H15BrFN3/c1-16-4-6-17(7-5-16)12(15)9-2-3-11(14)10(13)8-9/h2-3,8,15H,4-7H2,1H3. The van der Waals surface area contributed by atoms with Gasteiger partial charge in [0.05, 0.1) is 4.47 Å². The molecule has 0 bridgehead atoms. The van der Waals surface area contributed by atoms with Crippen molar-refractivity contribution in [2.75, 3.05) is 33.2 Å². The first-order chi connectivity index (χ1) is 8.08. The topological polar surface area (TPSA) is 30.3 Å². The monoisotopic (exact) mass is 299 g/mol. The third kappa shape index (κ3) is 2.84. The zero-order valence-corrected chi connectivity index (χ0v) is 11.3. The number of nitrogens with zero attached hydrogens (tertiary/aromatic N) is 2. The molecular weight excluding hydrogens is 285 g/mol. The third-order valence-corrected chi connectivity index (χ3v) is 3.62. The van der Waals surface area contributed by atoms with E-state index in [4.69, 9.17) is 5.41 Å². The van der Waals surface area contributed by atoms with Gasteiger partial charge in [0.15, 0.2) is 0 Å². The second-order valence-electron chi connectivity index (χ2n) is 4.27. The van der Waals surface area contributed by atoms with Crippen LogP contribution in [0.2, 0.25) is 0 Å². The Balaban J connectivity index is 2.11. The van der Waals surface area contributed by atoms with Gasteiger partial charge < -0.3 is 9.80 Å². The molecule has 3 nitrogen and oxygen atoms in total. The van der Waals surface area contributed by atoms with Gasteiger partial charge in [0.2, 0.25) is 0 Å². The van der Waals surface area contributed by atoms with Crippen LogP contribution in [0.4, 0.5) is 4.39 Å². The van der Waals surface area contributed by atoms with Crippen LogP contribution in [0.1, 0.15) is 5.56 Å². The fourth-order valence-electron chi connectivity index (χ4n) is 1.86. The molecule has 1 aliphatic heterocycles. The maximum Gasteiger partial charge on any atom is 0.137 e. The molecule has 5 heteroatoms. The molecule has 2 rings (SSSR count). The average molecular weight is 300 g/mol. The molecule has 0 spiro atoms. The summed E-state index contributed by atoms with van der Waals surface area (Å²) in [6.07, 6.45) is 0. The number of rotatable bonds is 1. The van der Waals surface area contributed by atoms with E-state index in [9.17, 15) is 4.39 Å². The smallest absolute Gasteiger partial charge is 0.137 e. The van der Waals surface area contributed by atoms with E-state index >= 15 is 0 Å². The van der Waals surface area contributed by atoms with Crippen molar-refractivity contribution in [3.8, 4) is 0 Å². The van der Waals surface area contributed by atoms with Crippen LogP contribution < -0.4 is 0 Å². The Morgan fingerprint density at radius 3 is 2.53 bits per heavy atom. The molecule has 17 heavy (non-hydrogen) atoms. The Bertz CT molecular complexity index is 428. The van der Waals surface area contributed by atoms with Gasteiger partial charge in [-0.05, 0) is 41.2 Å². The van der Waals surface area contributed by atoms with Crippen molar-refractivity contribution in [2.45, 2.75) is 0 Å². The van der Waals surface area contributed by atoms with Crippen LogP contribution in [0.25, 0.3) is 0 Å². The number of benzene rings is 1. The van der Waals surface area contributed by atoms with E-state index in [-0.39, 0.29) is 5.82 Å². The van der Waals surface area contributed by atoms with E-state index in [1.54, 1.807) is 12.1 Å².